The maximum Gasteiger partial charge on any atom is 0.238 e. The Morgan fingerprint density at radius 1 is 1.11 bits per heavy atom. The Morgan fingerprint density at radius 2 is 1.81 bits per heavy atom. The zero-order chi connectivity index (χ0) is 18.9. The molecule has 1 fully saturated rings. The SMILES string of the molecule is CN(C/C=C/c1ccccc1)CC(=O)Nc1ccc(N2CCOCC2)cc1. The lowest BCUT2D eigenvalue weighted by Gasteiger charge is -2.28. The van der Waals surface area contributed by atoms with Crippen molar-refractivity contribution in [2.75, 3.05) is 56.7 Å². The van der Waals surface area contributed by atoms with Gasteiger partial charge in [-0.15, -0.1) is 0 Å². The largest absolute Gasteiger partial charge is 0.378 e. The van der Waals surface area contributed by atoms with Crippen LogP contribution in [0.4, 0.5) is 11.4 Å². The van der Waals surface area contributed by atoms with E-state index in [1.54, 1.807) is 0 Å². The van der Waals surface area contributed by atoms with Gasteiger partial charge in [0.2, 0.25) is 5.91 Å². The number of amides is 1. The molecule has 1 aliphatic heterocycles. The average molecular weight is 365 g/mol. The summed E-state index contributed by atoms with van der Waals surface area (Å²) < 4.78 is 5.38. The molecule has 0 radical (unpaired) electrons. The number of morpholine rings is 1. The van der Waals surface area contributed by atoms with E-state index in [4.69, 9.17) is 4.74 Å². The standard InChI is InChI=1S/C22H27N3O2/c1-24(13-5-8-19-6-3-2-4-7-19)18-22(26)23-20-9-11-21(12-10-20)25-14-16-27-17-15-25/h2-12H,13-18H2,1H3,(H,23,26)/b8-5+. The van der Waals surface area contributed by atoms with E-state index in [0.29, 0.717) is 6.54 Å². The van der Waals surface area contributed by atoms with E-state index in [-0.39, 0.29) is 5.91 Å². The summed E-state index contributed by atoms with van der Waals surface area (Å²) in [6, 6.07) is 18.2. The van der Waals surface area contributed by atoms with Gasteiger partial charge in [-0.2, -0.15) is 0 Å². The predicted molar refractivity (Wildman–Crippen MR) is 111 cm³/mol. The normalized spacial score (nSPS) is 14.7. The molecule has 1 heterocycles. The van der Waals surface area contributed by atoms with Gasteiger partial charge in [-0.25, -0.2) is 0 Å². The van der Waals surface area contributed by atoms with Gasteiger partial charge in [-0.1, -0.05) is 42.5 Å². The van der Waals surface area contributed by atoms with Crippen molar-refractivity contribution >= 4 is 23.4 Å². The highest BCUT2D eigenvalue weighted by Gasteiger charge is 2.11. The molecule has 1 saturated heterocycles. The second-order valence-corrected chi connectivity index (χ2v) is 6.70. The third-order valence-corrected chi connectivity index (χ3v) is 4.47. The van der Waals surface area contributed by atoms with Crippen molar-refractivity contribution in [1.82, 2.24) is 4.90 Å². The lowest BCUT2D eigenvalue weighted by Crippen LogP contribution is -2.36. The van der Waals surface area contributed by atoms with Gasteiger partial charge in [-0.05, 0) is 36.9 Å². The van der Waals surface area contributed by atoms with Gasteiger partial charge >= 0.3 is 0 Å². The Labute approximate surface area is 161 Å². The average Bonchev–Trinajstić information content (AvgIpc) is 2.70. The maximum atomic E-state index is 12.2. The second-order valence-electron chi connectivity index (χ2n) is 6.70. The van der Waals surface area contributed by atoms with Crippen LogP contribution in [0.25, 0.3) is 6.08 Å². The number of anilines is 2. The fourth-order valence-corrected chi connectivity index (χ4v) is 3.02. The number of benzene rings is 2. The monoisotopic (exact) mass is 365 g/mol. The molecule has 1 amide bonds. The summed E-state index contributed by atoms with van der Waals surface area (Å²) in [7, 11) is 1.94. The van der Waals surface area contributed by atoms with Crippen LogP contribution in [0.5, 0.6) is 0 Å². The Balaban J connectivity index is 1.43. The van der Waals surface area contributed by atoms with E-state index in [9.17, 15) is 4.79 Å². The van der Waals surface area contributed by atoms with Gasteiger partial charge in [0.25, 0.3) is 0 Å². The topological polar surface area (TPSA) is 44.8 Å². The molecule has 0 aromatic heterocycles. The first-order chi connectivity index (χ1) is 13.2. The van der Waals surface area contributed by atoms with Crippen LogP contribution >= 0.6 is 0 Å². The van der Waals surface area contributed by atoms with Crippen molar-refractivity contribution in [3.63, 3.8) is 0 Å². The molecule has 2 aromatic carbocycles. The highest BCUT2D eigenvalue weighted by Crippen LogP contribution is 2.19. The minimum Gasteiger partial charge on any atom is -0.378 e. The zero-order valence-electron chi connectivity index (χ0n) is 15.8. The van der Waals surface area contributed by atoms with Crippen LogP contribution in [0.3, 0.4) is 0 Å². The van der Waals surface area contributed by atoms with Crippen LogP contribution in [0.15, 0.2) is 60.7 Å². The van der Waals surface area contributed by atoms with Gasteiger partial charge < -0.3 is 15.0 Å². The summed E-state index contributed by atoms with van der Waals surface area (Å²) in [5, 5.41) is 2.96. The maximum absolute atomic E-state index is 12.2. The number of carbonyl (C=O) groups excluding carboxylic acids is 1. The van der Waals surface area contributed by atoms with Crippen molar-refractivity contribution in [3.8, 4) is 0 Å². The van der Waals surface area contributed by atoms with E-state index in [2.05, 4.69) is 34.5 Å². The number of ether oxygens (including phenoxy) is 1. The minimum atomic E-state index is -0.00951. The van der Waals surface area contributed by atoms with Gasteiger partial charge in [-0.3, -0.25) is 9.69 Å². The molecule has 2 aromatic rings. The summed E-state index contributed by atoms with van der Waals surface area (Å²) in [6.07, 6.45) is 4.14. The van der Waals surface area contributed by atoms with Gasteiger partial charge in [0.1, 0.15) is 0 Å². The Hall–Kier alpha value is -2.63. The van der Waals surface area contributed by atoms with Crippen LogP contribution in [-0.4, -0.2) is 57.2 Å². The molecule has 3 rings (SSSR count). The minimum absolute atomic E-state index is 0.00951. The number of likely N-dealkylation sites (N-methyl/N-ethyl adjacent to an activating group) is 1. The molecular formula is C22H27N3O2. The molecule has 0 bridgehead atoms. The van der Waals surface area contributed by atoms with E-state index in [0.717, 1.165) is 44.1 Å². The van der Waals surface area contributed by atoms with E-state index in [1.807, 2.05) is 54.4 Å². The van der Waals surface area contributed by atoms with Gasteiger partial charge in [0.15, 0.2) is 0 Å². The second kappa shape index (κ2) is 9.90. The number of hydrogen-bond acceptors (Lipinski definition) is 4. The van der Waals surface area contributed by atoms with Crippen LogP contribution in [0.2, 0.25) is 0 Å². The van der Waals surface area contributed by atoms with Crippen LogP contribution in [0.1, 0.15) is 5.56 Å². The highest BCUT2D eigenvalue weighted by atomic mass is 16.5. The number of hydrogen-bond donors (Lipinski definition) is 1. The van der Waals surface area contributed by atoms with Gasteiger partial charge in [0.05, 0.1) is 19.8 Å². The lowest BCUT2D eigenvalue weighted by molar-refractivity contribution is -0.116. The van der Waals surface area contributed by atoms with E-state index in [1.165, 1.54) is 5.69 Å². The number of nitrogens with one attached hydrogen (secondary N) is 1. The summed E-state index contributed by atoms with van der Waals surface area (Å²) in [5.41, 5.74) is 3.15. The quantitative estimate of drug-likeness (QED) is 0.819. The third-order valence-electron chi connectivity index (χ3n) is 4.47. The van der Waals surface area contributed by atoms with Crippen molar-refractivity contribution in [2.24, 2.45) is 0 Å². The summed E-state index contributed by atoms with van der Waals surface area (Å²) >= 11 is 0. The number of carbonyl (C=O) groups is 1. The van der Waals surface area contributed by atoms with Crippen LogP contribution in [0, 0.1) is 0 Å². The molecule has 0 aliphatic carbocycles. The van der Waals surface area contributed by atoms with E-state index < -0.39 is 0 Å². The fraction of sp³-hybridized carbons (Fsp3) is 0.318. The predicted octanol–water partition coefficient (Wildman–Crippen LogP) is 3.11. The summed E-state index contributed by atoms with van der Waals surface area (Å²) in [4.78, 5) is 16.5. The molecule has 5 heteroatoms. The smallest absolute Gasteiger partial charge is 0.238 e. The molecule has 5 nitrogen and oxygen atoms in total. The summed E-state index contributed by atoms with van der Waals surface area (Å²) in [6.45, 7) is 4.43. The molecule has 0 unspecified atom stereocenters. The lowest BCUT2D eigenvalue weighted by atomic mass is 10.2. The molecule has 0 atom stereocenters. The Kier molecular flexibility index (Phi) is 7.02. The molecule has 0 saturated carbocycles. The molecule has 142 valence electrons. The first-order valence-electron chi connectivity index (χ1n) is 9.33. The first kappa shape index (κ1) is 19.1. The van der Waals surface area contributed by atoms with Crippen molar-refractivity contribution < 1.29 is 9.53 Å². The first-order valence-corrected chi connectivity index (χ1v) is 9.33. The zero-order valence-corrected chi connectivity index (χ0v) is 15.8. The molecule has 0 spiro atoms. The van der Waals surface area contributed by atoms with Gasteiger partial charge in [0, 0.05) is 31.0 Å². The van der Waals surface area contributed by atoms with E-state index >= 15 is 0 Å². The number of rotatable bonds is 7. The summed E-state index contributed by atoms with van der Waals surface area (Å²) in [5.74, 6) is -0.00951. The van der Waals surface area contributed by atoms with Crippen LogP contribution < -0.4 is 10.2 Å². The third kappa shape index (κ3) is 6.24. The van der Waals surface area contributed by atoms with Crippen molar-refractivity contribution in [3.05, 3.63) is 66.2 Å². The van der Waals surface area contributed by atoms with Crippen molar-refractivity contribution in [2.45, 2.75) is 0 Å². The molecule has 27 heavy (non-hydrogen) atoms. The molecule has 1 aliphatic rings. The highest BCUT2D eigenvalue weighted by molar-refractivity contribution is 5.92. The fourth-order valence-electron chi connectivity index (χ4n) is 3.02. The molecular weight excluding hydrogens is 338 g/mol. The van der Waals surface area contributed by atoms with Crippen LogP contribution in [-0.2, 0) is 9.53 Å². The Morgan fingerprint density at radius 3 is 2.52 bits per heavy atom. The Bertz CT molecular complexity index is 738. The molecule has 1 N–H and O–H groups in total. The van der Waals surface area contributed by atoms with Crippen molar-refractivity contribution in [1.29, 1.82) is 0 Å². The number of nitrogens with zero attached hydrogens (tertiary/aromatic N) is 2.